The van der Waals surface area contributed by atoms with Crippen molar-refractivity contribution in [2.24, 2.45) is 5.41 Å². The highest BCUT2D eigenvalue weighted by Gasteiger charge is 2.42. The Morgan fingerprint density at radius 3 is 2.20 bits per heavy atom. The molecule has 2 rings (SSSR count). The quantitative estimate of drug-likeness (QED) is 0.832. The number of urea groups is 1. The van der Waals surface area contributed by atoms with Crippen molar-refractivity contribution in [1.29, 1.82) is 0 Å². The average molecular weight is 282 g/mol. The lowest BCUT2D eigenvalue weighted by Gasteiger charge is -2.43. The maximum Gasteiger partial charge on any atom is 0.317 e. The van der Waals surface area contributed by atoms with Crippen LogP contribution in [0.15, 0.2) is 0 Å². The van der Waals surface area contributed by atoms with Crippen molar-refractivity contribution >= 4 is 12.0 Å². The van der Waals surface area contributed by atoms with Crippen LogP contribution in [-0.4, -0.2) is 40.6 Å². The van der Waals surface area contributed by atoms with Gasteiger partial charge in [0.1, 0.15) is 0 Å². The van der Waals surface area contributed by atoms with Gasteiger partial charge in [-0.1, -0.05) is 13.3 Å². The fraction of sp³-hybridized carbons (Fsp3) is 0.867. The molecule has 0 aromatic heterocycles. The lowest BCUT2D eigenvalue weighted by molar-refractivity contribution is -0.152. The summed E-state index contributed by atoms with van der Waals surface area (Å²) >= 11 is 0. The summed E-state index contributed by atoms with van der Waals surface area (Å²) in [5.41, 5.74) is -0.659. The topological polar surface area (TPSA) is 69.6 Å². The number of rotatable bonds is 4. The van der Waals surface area contributed by atoms with Crippen molar-refractivity contribution in [2.75, 3.05) is 13.1 Å². The summed E-state index contributed by atoms with van der Waals surface area (Å²) in [5.74, 6) is -0.703. The molecule has 2 amide bonds. The number of likely N-dealkylation sites (tertiary alicyclic amines) is 1. The van der Waals surface area contributed by atoms with Gasteiger partial charge in [0.05, 0.1) is 5.41 Å². The van der Waals surface area contributed by atoms with Crippen LogP contribution in [-0.2, 0) is 4.79 Å². The van der Waals surface area contributed by atoms with Gasteiger partial charge in [0.25, 0.3) is 0 Å². The Kier molecular flexibility index (Phi) is 4.25. The van der Waals surface area contributed by atoms with Gasteiger partial charge >= 0.3 is 12.0 Å². The number of nitrogens with zero attached hydrogens (tertiary/aromatic N) is 1. The second-order valence-electron chi connectivity index (χ2n) is 6.67. The van der Waals surface area contributed by atoms with Crippen LogP contribution in [0.1, 0.15) is 58.8 Å². The third-order valence-corrected chi connectivity index (χ3v) is 5.06. The number of nitrogens with one attached hydrogen (secondary N) is 1. The van der Waals surface area contributed by atoms with Crippen LogP contribution in [0, 0.1) is 5.41 Å². The number of carbonyl (C=O) groups excluding carboxylic acids is 1. The van der Waals surface area contributed by atoms with Crippen LogP contribution in [0.4, 0.5) is 4.79 Å². The number of carbonyl (C=O) groups is 2. The molecule has 0 spiro atoms. The Labute approximate surface area is 120 Å². The van der Waals surface area contributed by atoms with Crippen LogP contribution in [0.5, 0.6) is 0 Å². The van der Waals surface area contributed by atoms with E-state index in [0.717, 1.165) is 19.3 Å². The average Bonchev–Trinajstić information content (AvgIpc) is 2.37. The van der Waals surface area contributed by atoms with Gasteiger partial charge in [-0.2, -0.15) is 0 Å². The highest BCUT2D eigenvalue weighted by atomic mass is 16.4. The van der Waals surface area contributed by atoms with E-state index in [4.69, 9.17) is 0 Å². The van der Waals surface area contributed by atoms with Crippen molar-refractivity contribution in [3.8, 4) is 0 Å². The van der Waals surface area contributed by atoms with Crippen LogP contribution in [0.3, 0.4) is 0 Å². The summed E-state index contributed by atoms with van der Waals surface area (Å²) < 4.78 is 0. The van der Waals surface area contributed by atoms with Crippen molar-refractivity contribution in [1.82, 2.24) is 10.2 Å². The molecule has 1 saturated heterocycles. The maximum absolute atomic E-state index is 12.2. The number of aliphatic carboxylic acids is 1. The highest BCUT2D eigenvalue weighted by molar-refractivity contribution is 5.77. The maximum atomic E-state index is 12.2. The molecule has 0 atom stereocenters. The molecule has 20 heavy (non-hydrogen) atoms. The molecule has 0 unspecified atom stereocenters. The zero-order chi connectivity index (χ0) is 14.8. The van der Waals surface area contributed by atoms with Crippen molar-refractivity contribution in [3.63, 3.8) is 0 Å². The molecule has 0 aromatic carbocycles. The number of hydrogen-bond acceptors (Lipinski definition) is 2. The fourth-order valence-corrected chi connectivity index (χ4v) is 3.36. The smallest absolute Gasteiger partial charge is 0.317 e. The molecule has 2 N–H and O–H groups in total. The van der Waals surface area contributed by atoms with Gasteiger partial charge in [-0.15, -0.1) is 0 Å². The molecule has 5 heteroatoms. The Morgan fingerprint density at radius 2 is 1.80 bits per heavy atom. The van der Waals surface area contributed by atoms with E-state index in [0.29, 0.717) is 32.4 Å². The van der Waals surface area contributed by atoms with E-state index in [1.165, 1.54) is 6.42 Å². The van der Waals surface area contributed by atoms with E-state index in [-0.39, 0.29) is 11.6 Å². The third kappa shape index (κ3) is 2.91. The summed E-state index contributed by atoms with van der Waals surface area (Å²) in [5, 5.41) is 12.5. The van der Waals surface area contributed by atoms with E-state index in [2.05, 4.69) is 12.2 Å². The van der Waals surface area contributed by atoms with E-state index in [9.17, 15) is 14.7 Å². The molecule has 1 aliphatic heterocycles. The largest absolute Gasteiger partial charge is 0.481 e. The second kappa shape index (κ2) is 5.62. The van der Waals surface area contributed by atoms with E-state index < -0.39 is 11.4 Å². The SMILES string of the molecule is CCCC1(C(=O)O)CCN(C(=O)NC2(C)CCC2)CC1. The van der Waals surface area contributed by atoms with Crippen LogP contribution >= 0.6 is 0 Å². The van der Waals surface area contributed by atoms with Crippen molar-refractivity contribution < 1.29 is 14.7 Å². The fourth-order valence-electron chi connectivity index (χ4n) is 3.36. The zero-order valence-corrected chi connectivity index (χ0v) is 12.6. The van der Waals surface area contributed by atoms with Gasteiger partial charge in [-0.25, -0.2) is 4.79 Å². The lowest BCUT2D eigenvalue weighted by Crippen LogP contribution is -2.57. The molecule has 2 aliphatic rings. The van der Waals surface area contributed by atoms with Gasteiger partial charge in [-0.3, -0.25) is 4.79 Å². The molecule has 114 valence electrons. The van der Waals surface area contributed by atoms with Gasteiger partial charge in [0.15, 0.2) is 0 Å². The summed E-state index contributed by atoms with van der Waals surface area (Å²) in [4.78, 5) is 25.5. The van der Waals surface area contributed by atoms with E-state index >= 15 is 0 Å². The Morgan fingerprint density at radius 1 is 1.20 bits per heavy atom. The first-order chi connectivity index (χ1) is 9.41. The molecule has 1 saturated carbocycles. The molecule has 0 radical (unpaired) electrons. The summed E-state index contributed by atoms with van der Waals surface area (Å²) in [6.07, 6.45) is 5.98. The predicted molar refractivity (Wildman–Crippen MR) is 76.6 cm³/mol. The summed E-state index contributed by atoms with van der Waals surface area (Å²) in [7, 11) is 0. The molecule has 0 aromatic rings. The molecule has 1 aliphatic carbocycles. The molecule has 1 heterocycles. The first-order valence-corrected chi connectivity index (χ1v) is 7.71. The number of piperidine rings is 1. The molecular formula is C15H26N2O3. The minimum Gasteiger partial charge on any atom is -0.481 e. The first kappa shape index (κ1) is 15.1. The van der Waals surface area contributed by atoms with Gasteiger partial charge in [0.2, 0.25) is 0 Å². The molecule has 0 bridgehead atoms. The predicted octanol–water partition coefficient (Wildman–Crippen LogP) is 2.61. The first-order valence-electron chi connectivity index (χ1n) is 7.71. The lowest BCUT2D eigenvalue weighted by atomic mass is 9.75. The van der Waals surface area contributed by atoms with Crippen LogP contribution in [0.25, 0.3) is 0 Å². The van der Waals surface area contributed by atoms with Crippen LogP contribution < -0.4 is 5.32 Å². The number of hydrogen-bond donors (Lipinski definition) is 2. The minimum absolute atomic E-state index is 0.0253. The monoisotopic (exact) mass is 282 g/mol. The highest BCUT2D eigenvalue weighted by Crippen LogP contribution is 2.37. The minimum atomic E-state index is -0.703. The standard InChI is InChI=1S/C15H26N2O3/c1-3-5-15(12(18)19)8-10-17(11-9-15)13(20)16-14(2)6-4-7-14/h3-11H2,1-2H3,(H,16,20)(H,18,19). The van der Waals surface area contributed by atoms with Gasteiger partial charge < -0.3 is 15.3 Å². The molecule has 2 fully saturated rings. The molecular weight excluding hydrogens is 256 g/mol. The number of amides is 2. The van der Waals surface area contributed by atoms with E-state index in [1.54, 1.807) is 4.90 Å². The van der Waals surface area contributed by atoms with Gasteiger partial charge in [0, 0.05) is 18.6 Å². The third-order valence-electron chi connectivity index (χ3n) is 5.06. The zero-order valence-electron chi connectivity index (χ0n) is 12.6. The number of carboxylic acid groups (broad SMARTS) is 1. The van der Waals surface area contributed by atoms with Crippen molar-refractivity contribution in [3.05, 3.63) is 0 Å². The van der Waals surface area contributed by atoms with Crippen LogP contribution in [0.2, 0.25) is 0 Å². The Balaban J connectivity index is 1.89. The summed E-state index contributed by atoms with van der Waals surface area (Å²) in [6, 6.07) is -0.0253. The van der Waals surface area contributed by atoms with Crippen molar-refractivity contribution in [2.45, 2.75) is 64.3 Å². The van der Waals surface area contributed by atoms with E-state index in [1.807, 2.05) is 6.92 Å². The number of carboxylic acids is 1. The molecule has 5 nitrogen and oxygen atoms in total. The Hall–Kier alpha value is -1.26. The Bertz CT molecular complexity index is 383. The van der Waals surface area contributed by atoms with Gasteiger partial charge in [-0.05, 0) is 45.4 Å². The summed E-state index contributed by atoms with van der Waals surface area (Å²) in [6.45, 7) is 5.20. The second-order valence-corrected chi connectivity index (χ2v) is 6.67. The normalized spacial score (nSPS) is 23.8.